The van der Waals surface area contributed by atoms with Crippen LogP contribution in [0, 0.1) is 0 Å². The molecule has 5 rings (SSSR count). The maximum atomic E-state index is 13.3. The first-order valence-corrected chi connectivity index (χ1v) is 10.8. The number of ether oxygens (including phenoxy) is 1. The zero-order valence-electron chi connectivity index (χ0n) is 17.1. The molecule has 0 aromatic carbocycles. The third-order valence-electron chi connectivity index (χ3n) is 6.17. The van der Waals surface area contributed by atoms with Crippen molar-refractivity contribution in [3.05, 3.63) is 65.9 Å². The van der Waals surface area contributed by atoms with Crippen molar-refractivity contribution >= 4 is 11.6 Å². The van der Waals surface area contributed by atoms with E-state index in [4.69, 9.17) is 9.72 Å². The van der Waals surface area contributed by atoms with Crippen LogP contribution >= 0.6 is 0 Å². The van der Waals surface area contributed by atoms with E-state index in [1.165, 1.54) is 18.4 Å². The van der Waals surface area contributed by atoms with Crippen LogP contribution in [0.2, 0.25) is 0 Å². The van der Waals surface area contributed by atoms with E-state index in [1.807, 2.05) is 47.8 Å². The molecular weight excluding hydrogens is 378 g/mol. The molecule has 0 saturated carbocycles. The summed E-state index contributed by atoms with van der Waals surface area (Å²) in [6.07, 6.45) is 9.28. The normalized spacial score (nSPS) is 20.5. The number of rotatable bonds is 4. The molecule has 3 aromatic rings. The predicted octanol–water partition coefficient (Wildman–Crippen LogP) is 2.93. The van der Waals surface area contributed by atoms with E-state index < -0.39 is 0 Å². The van der Waals surface area contributed by atoms with Crippen LogP contribution in [0.5, 0.6) is 0 Å². The Labute approximate surface area is 176 Å². The van der Waals surface area contributed by atoms with Gasteiger partial charge in [-0.05, 0) is 43.1 Å². The molecule has 3 aromatic heterocycles. The average molecular weight is 406 g/mol. The van der Waals surface area contributed by atoms with Gasteiger partial charge in [-0.25, -0.2) is 4.98 Å². The van der Waals surface area contributed by atoms with E-state index in [2.05, 4.69) is 20.4 Å². The minimum atomic E-state index is 0.00642. The topological polar surface area (TPSA) is 63.0 Å². The fourth-order valence-electron chi connectivity index (χ4n) is 4.61. The third kappa shape index (κ3) is 3.70. The second-order valence-corrected chi connectivity index (χ2v) is 8.01. The summed E-state index contributed by atoms with van der Waals surface area (Å²) in [4.78, 5) is 26.8. The lowest BCUT2D eigenvalue weighted by Gasteiger charge is -2.36. The molecule has 30 heavy (non-hydrogen) atoms. The minimum absolute atomic E-state index is 0.00642. The van der Waals surface area contributed by atoms with Crippen LogP contribution in [0.25, 0.3) is 5.65 Å². The van der Waals surface area contributed by atoms with Crippen LogP contribution in [-0.2, 0) is 11.3 Å². The number of nitrogens with zero attached hydrogens (tertiary/aromatic N) is 5. The van der Waals surface area contributed by atoms with E-state index in [1.54, 1.807) is 0 Å². The van der Waals surface area contributed by atoms with Gasteiger partial charge in [0.1, 0.15) is 5.65 Å². The van der Waals surface area contributed by atoms with Gasteiger partial charge in [0.15, 0.2) is 5.69 Å². The summed E-state index contributed by atoms with van der Waals surface area (Å²) in [5.74, 6) is 0.00642. The zero-order valence-corrected chi connectivity index (χ0v) is 17.1. The molecule has 7 heteroatoms. The van der Waals surface area contributed by atoms with Crippen molar-refractivity contribution in [1.82, 2.24) is 24.2 Å². The highest BCUT2D eigenvalue weighted by Gasteiger charge is 2.30. The fourth-order valence-corrected chi connectivity index (χ4v) is 4.61. The number of morpholine rings is 1. The molecule has 1 atom stereocenters. The second-order valence-electron chi connectivity index (χ2n) is 8.01. The predicted molar refractivity (Wildman–Crippen MR) is 113 cm³/mol. The number of imidazole rings is 1. The highest BCUT2D eigenvalue weighted by molar-refractivity contribution is 5.94. The molecule has 0 bridgehead atoms. The number of fused-ring (bicyclic) bond motifs is 1. The molecule has 5 heterocycles. The lowest BCUT2D eigenvalue weighted by molar-refractivity contribution is 0.0297. The number of amides is 1. The lowest BCUT2D eigenvalue weighted by atomic mass is 9.96. The molecule has 0 aliphatic carbocycles. The highest BCUT2D eigenvalue weighted by Crippen LogP contribution is 2.32. The fraction of sp³-hybridized carbons (Fsp3) is 0.435. The van der Waals surface area contributed by atoms with Gasteiger partial charge < -0.3 is 14.0 Å². The Hall–Kier alpha value is -2.77. The first-order valence-electron chi connectivity index (χ1n) is 10.8. The Bertz CT molecular complexity index is 1010. The summed E-state index contributed by atoms with van der Waals surface area (Å²) in [7, 11) is 0. The molecule has 0 spiro atoms. The number of carbonyl (C=O) groups is 1. The smallest absolute Gasteiger partial charge is 0.274 e. The molecule has 2 aliphatic rings. The largest absolute Gasteiger partial charge is 0.378 e. The summed E-state index contributed by atoms with van der Waals surface area (Å²) < 4.78 is 7.50. The van der Waals surface area contributed by atoms with Crippen molar-refractivity contribution in [1.29, 1.82) is 0 Å². The Morgan fingerprint density at radius 2 is 2.00 bits per heavy atom. The van der Waals surface area contributed by atoms with Crippen LogP contribution in [0.3, 0.4) is 0 Å². The van der Waals surface area contributed by atoms with Crippen LogP contribution in [0.15, 0.2) is 48.9 Å². The molecular formula is C23H27N5O2. The van der Waals surface area contributed by atoms with Gasteiger partial charge in [0.25, 0.3) is 5.91 Å². The molecule has 0 radical (unpaired) electrons. The van der Waals surface area contributed by atoms with E-state index in [9.17, 15) is 4.79 Å². The number of pyridine rings is 2. The van der Waals surface area contributed by atoms with Crippen molar-refractivity contribution < 1.29 is 9.53 Å². The average Bonchev–Trinajstić information content (AvgIpc) is 3.18. The zero-order chi connectivity index (χ0) is 20.3. The van der Waals surface area contributed by atoms with Gasteiger partial charge in [-0.1, -0.05) is 18.6 Å². The highest BCUT2D eigenvalue weighted by atomic mass is 16.5. The summed E-state index contributed by atoms with van der Waals surface area (Å²) >= 11 is 0. The number of hydrogen-bond acceptors (Lipinski definition) is 5. The number of hydrogen-bond donors (Lipinski definition) is 0. The molecule has 2 saturated heterocycles. The van der Waals surface area contributed by atoms with Gasteiger partial charge in [-0.3, -0.25) is 14.7 Å². The molecule has 0 N–H and O–H groups in total. The standard InChI is InChI=1S/C23H27N5O2/c29-23(26-12-14-30-15-13-26)22-20(28-11-4-2-8-21(28)25-22)17-27-10-3-1-7-19(27)18-6-5-9-24-16-18/h2,4-6,8-9,11,16,19H,1,3,7,10,12-15,17H2/t19-/m1/s1. The number of aromatic nitrogens is 3. The van der Waals surface area contributed by atoms with Crippen molar-refractivity contribution in [2.24, 2.45) is 0 Å². The van der Waals surface area contributed by atoms with Gasteiger partial charge in [0.05, 0.1) is 18.9 Å². The molecule has 156 valence electrons. The van der Waals surface area contributed by atoms with Crippen LogP contribution in [0.1, 0.15) is 47.1 Å². The quantitative estimate of drug-likeness (QED) is 0.668. The summed E-state index contributed by atoms with van der Waals surface area (Å²) in [5, 5.41) is 0. The maximum Gasteiger partial charge on any atom is 0.274 e. The first-order chi connectivity index (χ1) is 14.8. The summed E-state index contributed by atoms with van der Waals surface area (Å²) in [6.45, 7) is 4.11. The van der Waals surface area contributed by atoms with Crippen LogP contribution < -0.4 is 0 Å². The van der Waals surface area contributed by atoms with Gasteiger partial charge in [-0.15, -0.1) is 0 Å². The van der Waals surface area contributed by atoms with Crippen LogP contribution in [0.4, 0.5) is 0 Å². The van der Waals surface area contributed by atoms with E-state index in [0.717, 1.165) is 24.3 Å². The first kappa shape index (κ1) is 19.2. The molecule has 7 nitrogen and oxygen atoms in total. The van der Waals surface area contributed by atoms with Gasteiger partial charge >= 0.3 is 0 Å². The maximum absolute atomic E-state index is 13.3. The third-order valence-corrected chi connectivity index (χ3v) is 6.17. The SMILES string of the molecule is O=C(c1nc2ccccn2c1CN1CCCC[C@@H]1c1cccnc1)N1CCOCC1. The second kappa shape index (κ2) is 8.53. The van der Waals surface area contributed by atoms with Gasteiger partial charge in [0, 0.05) is 44.3 Å². The Balaban J connectivity index is 1.50. The Morgan fingerprint density at radius 1 is 1.10 bits per heavy atom. The minimum Gasteiger partial charge on any atom is -0.378 e. The van der Waals surface area contributed by atoms with Crippen molar-refractivity contribution in [3.8, 4) is 0 Å². The summed E-state index contributed by atoms with van der Waals surface area (Å²) in [6, 6.07) is 10.4. The van der Waals surface area contributed by atoms with Crippen molar-refractivity contribution in [2.75, 3.05) is 32.8 Å². The summed E-state index contributed by atoms with van der Waals surface area (Å²) in [5.41, 5.74) is 3.60. The molecule has 2 aliphatic heterocycles. The number of likely N-dealkylation sites (tertiary alicyclic amines) is 1. The van der Waals surface area contributed by atoms with E-state index >= 15 is 0 Å². The van der Waals surface area contributed by atoms with Gasteiger partial charge in [-0.2, -0.15) is 0 Å². The Morgan fingerprint density at radius 3 is 2.83 bits per heavy atom. The monoisotopic (exact) mass is 405 g/mol. The molecule has 1 amide bonds. The van der Waals surface area contributed by atoms with Crippen molar-refractivity contribution in [2.45, 2.75) is 31.8 Å². The lowest BCUT2D eigenvalue weighted by Crippen LogP contribution is -2.41. The molecule has 2 fully saturated rings. The van der Waals surface area contributed by atoms with Crippen LogP contribution in [-0.4, -0.2) is 62.9 Å². The number of carbonyl (C=O) groups excluding carboxylic acids is 1. The van der Waals surface area contributed by atoms with E-state index in [-0.39, 0.29) is 5.91 Å². The molecule has 0 unspecified atom stereocenters. The Kier molecular flexibility index (Phi) is 5.46. The van der Waals surface area contributed by atoms with Crippen molar-refractivity contribution in [3.63, 3.8) is 0 Å². The number of piperidine rings is 1. The van der Waals surface area contributed by atoms with Gasteiger partial charge in [0.2, 0.25) is 0 Å². The van der Waals surface area contributed by atoms with E-state index in [0.29, 0.717) is 44.6 Å².